The highest BCUT2D eigenvalue weighted by Gasteiger charge is 2.33. The van der Waals surface area contributed by atoms with Gasteiger partial charge in [-0.05, 0) is 12.1 Å². The molecule has 0 saturated carbocycles. The van der Waals surface area contributed by atoms with Gasteiger partial charge in [-0.1, -0.05) is 40.6 Å². The van der Waals surface area contributed by atoms with Gasteiger partial charge in [0.2, 0.25) is 15.9 Å². The number of carbonyl (C=O) groups is 1. The molecule has 134 valence electrons. The number of halogens is 2. The molecule has 1 aromatic heterocycles. The van der Waals surface area contributed by atoms with Crippen molar-refractivity contribution >= 4 is 50.5 Å². The topological polar surface area (TPSA) is 88.6 Å². The number of amides is 1. The van der Waals surface area contributed by atoms with Gasteiger partial charge in [0.1, 0.15) is 11.0 Å². The fourth-order valence-electron chi connectivity index (χ4n) is 2.21. The number of rotatable bonds is 6. The van der Waals surface area contributed by atoms with Gasteiger partial charge in [0, 0.05) is 11.6 Å². The van der Waals surface area contributed by atoms with Crippen LogP contribution < -0.4 is 9.46 Å². The lowest BCUT2D eigenvalue weighted by Gasteiger charge is -2.38. The van der Waals surface area contributed by atoms with E-state index in [1.165, 1.54) is 34.4 Å². The van der Waals surface area contributed by atoms with Crippen molar-refractivity contribution in [2.75, 3.05) is 19.6 Å². The van der Waals surface area contributed by atoms with Crippen molar-refractivity contribution in [2.24, 2.45) is 0 Å². The number of hydrogen-bond acceptors (Lipinski definition) is 6. The van der Waals surface area contributed by atoms with E-state index in [-0.39, 0.29) is 33.5 Å². The molecule has 2 heterocycles. The average molecular weight is 422 g/mol. The van der Waals surface area contributed by atoms with Crippen molar-refractivity contribution < 1.29 is 17.9 Å². The number of benzene rings is 1. The Kier molecular flexibility index (Phi) is 5.49. The second-order valence-corrected chi connectivity index (χ2v) is 8.59. The van der Waals surface area contributed by atoms with Crippen LogP contribution >= 0.6 is 34.5 Å². The van der Waals surface area contributed by atoms with Gasteiger partial charge < -0.3 is 9.64 Å². The average Bonchev–Trinajstić information content (AvgIpc) is 3.01. The highest BCUT2D eigenvalue weighted by atomic mass is 35.5. The lowest BCUT2D eigenvalue weighted by molar-refractivity contribution is -0.138. The minimum absolute atomic E-state index is 0.00619. The zero-order chi connectivity index (χ0) is 18.0. The molecule has 1 saturated heterocycles. The third-order valence-corrected chi connectivity index (χ3v) is 6.50. The van der Waals surface area contributed by atoms with E-state index in [9.17, 15) is 13.2 Å². The molecule has 25 heavy (non-hydrogen) atoms. The first-order valence-electron chi connectivity index (χ1n) is 7.14. The second kappa shape index (κ2) is 7.46. The minimum Gasteiger partial charge on any atom is -0.463 e. The molecular formula is C14H13Cl2N3O4S2. The van der Waals surface area contributed by atoms with Crippen LogP contribution in [0.1, 0.15) is 0 Å². The molecule has 1 N–H and O–H groups in total. The lowest BCUT2D eigenvalue weighted by Crippen LogP contribution is -2.58. The molecule has 0 unspecified atom stereocenters. The Morgan fingerprint density at radius 3 is 2.64 bits per heavy atom. The number of aromatic nitrogens is 1. The van der Waals surface area contributed by atoms with Crippen molar-refractivity contribution in [3.8, 4) is 5.19 Å². The third-order valence-electron chi connectivity index (χ3n) is 3.48. The number of likely N-dealkylation sites (tertiary alicyclic amines) is 1. The fourth-order valence-corrected chi connectivity index (χ4v) is 4.87. The predicted octanol–water partition coefficient (Wildman–Crippen LogP) is 2.02. The largest absolute Gasteiger partial charge is 0.463 e. The molecule has 1 fully saturated rings. The molecule has 0 atom stereocenters. The Hall–Kier alpha value is -1.39. The first kappa shape index (κ1) is 18.4. The number of carbonyl (C=O) groups excluding carboxylic acids is 1. The summed E-state index contributed by atoms with van der Waals surface area (Å²) in [4.78, 5) is 17.3. The predicted molar refractivity (Wildman–Crippen MR) is 94.8 cm³/mol. The summed E-state index contributed by atoms with van der Waals surface area (Å²) in [7, 11) is -3.99. The van der Waals surface area contributed by atoms with Crippen LogP contribution in [-0.2, 0) is 14.8 Å². The van der Waals surface area contributed by atoms with E-state index in [1.807, 2.05) is 0 Å². The molecule has 1 amide bonds. The quantitative estimate of drug-likeness (QED) is 0.770. The molecule has 2 aromatic rings. The molecule has 0 bridgehead atoms. The van der Waals surface area contributed by atoms with Gasteiger partial charge >= 0.3 is 0 Å². The van der Waals surface area contributed by atoms with E-state index in [0.717, 1.165) is 0 Å². The second-order valence-electron chi connectivity index (χ2n) is 5.21. The number of thiazole rings is 1. The molecule has 1 aliphatic rings. The van der Waals surface area contributed by atoms with Crippen LogP contribution in [0.4, 0.5) is 0 Å². The summed E-state index contributed by atoms with van der Waals surface area (Å²) in [5.74, 6) is -0.356. The molecule has 3 rings (SSSR count). The standard InChI is InChI=1S/C14H13Cl2N3O4S2/c15-10-2-1-3-11(16)13(10)25(21,22)18-6-12(20)19-7-9(8-19)23-14-17-4-5-24-14/h1-5,9,18H,6-8H2. The van der Waals surface area contributed by atoms with Gasteiger partial charge in [-0.3, -0.25) is 4.79 Å². The van der Waals surface area contributed by atoms with Crippen molar-refractivity contribution in [3.05, 3.63) is 39.8 Å². The van der Waals surface area contributed by atoms with Crippen LogP contribution in [0.3, 0.4) is 0 Å². The zero-order valence-corrected chi connectivity index (χ0v) is 15.8. The van der Waals surface area contributed by atoms with Gasteiger partial charge in [-0.25, -0.2) is 18.1 Å². The van der Waals surface area contributed by atoms with Crippen LogP contribution in [0.15, 0.2) is 34.7 Å². The normalized spacial score (nSPS) is 15.0. The number of ether oxygens (including phenoxy) is 1. The summed E-state index contributed by atoms with van der Waals surface area (Å²) >= 11 is 13.2. The van der Waals surface area contributed by atoms with E-state index in [1.54, 1.807) is 11.6 Å². The summed E-state index contributed by atoms with van der Waals surface area (Å²) in [6.07, 6.45) is 1.50. The van der Waals surface area contributed by atoms with Crippen molar-refractivity contribution in [2.45, 2.75) is 11.0 Å². The van der Waals surface area contributed by atoms with E-state index in [2.05, 4.69) is 9.71 Å². The number of nitrogens with zero attached hydrogens (tertiary/aromatic N) is 2. The van der Waals surface area contributed by atoms with Crippen LogP contribution in [0, 0.1) is 0 Å². The molecule has 1 aliphatic heterocycles. The number of hydrogen-bond donors (Lipinski definition) is 1. The maximum absolute atomic E-state index is 12.3. The molecule has 11 heteroatoms. The highest BCUT2D eigenvalue weighted by Crippen LogP contribution is 2.28. The molecule has 0 aliphatic carbocycles. The third kappa shape index (κ3) is 4.24. The number of nitrogens with one attached hydrogen (secondary N) is 1. The summed E-state index contributed by atoms with van der Waals surface area (Å²) in [6.45, 7) is 0.383. The van der Waals surface area contributed by atoms with E-state index in [0.29, 0.717) is 18.3 Å². The maximum Gasteiger partial charge on any atom is 0.273 e. The maximum atomic E-state index is 12.3. The number of sulfonamides is 1. The van der Waals surface area contributed by atoms with Crippen LogP contribution in [0.5, 0.6) is 5.19 Å². The Morgan fingerprint density at radius 2 is 2.04 bits per heavy atom. The SMILES string of the molecule is O=C(CNS(=O)(=O)c1c(Cl)cccc1Cl)N1CC(Oc2nccs2)C1. The summed E-state index contributed by atoms with van der Waals surface area (Å²) in [6, 6.07) is 4.37. The summed E-state index contributed by atoms with van der Waals surface area (Å²) < 4.78 is 32.4. The Balaban J connectivity index is 1.53. The first-order valence-corrected chi connectivity index (χ1v) is 10.3. The lowest BCUT2D eigenvalue weighted by atomic mass is 10.1. The van der Waals surface area contributed by atoms with Gasteiger partial charge in [0.15, 0.2) is 0 Å². The molecule has 1 aromatic carbocycles. The fraction of sp³-hybridized carbons (Fsp3) is 0.286. The molecule has 0 spiro atoms. The molecule has 0 radical (unpaired) electrons. The van der Waals surface area contributed by atoms with E-state index >= 15 is 0 Å². The highest BCUT2D eigenvalue weighted by molar-refractivity contribution is 7.89. The first-order chi connectivity index (χ1) is 11.9. The Labute approximate surface area is 158 Å². The van der Waals surface area contributed by atoms with Crippen molar-refractivity contribution in [1.82, 2.24) is 14.6 Å². The Morgan fingerprint density at radius 1 is 1.36 bits per heavy atom. The van der Waals surface area contributed by atoms with Gasteiger partial charge in [0.05, 0.1) is 29.7 Å². The molecule has 7 nitrogen and oxygen atoms in total. The summed E-state index contributed by atoms with van der Waals surface area (Å²) in [5, 5.41) is 2.33. The van der Waals surface area contributed by atoms with Gasteiger partial charge in [-0.15, -0.1) is 0 Å². The molecular weight excluding hydrogens is 409 g/mol. The minimum atomic E-state index is -3.99. The van der Waals surface area contributed by atoms with Crippen molar-refractivity contribution in [1.29, 1.82) is 0 Å². The zero-order valence-electron chi connectivity index (χ0n) is 12.7. The van der Waals surface area contributed by atoms with Crippen LogP contribution in [0.2, 0.25) is 10.0 Å². The van der Waals surface area contributed by atoms with Crippen LogP contribution in [-0.4, -0.2) is 49.9 Å². The Bertz CT molecular complexity index is 848. The van der Waals surface area contributed by atoms with Crippen LogP contribution in [0.25, 0.3) is 0 Å². The van der Waals surface area contributed by atoms with E-state index in [4.69, 9.17) is 27.9 Å². The smallest absolute Gasteiger partial charge is 0.273 e. The van der Waals surface area contributed by atoms with Crippen molar-refractivity contribution in [3.63, 3.8) is 0 Å². The van der Waals surface area contributed by atoms with Gasteiger partial charge in [0.25, 0.3) is 5.19 Å². The van der Waals surface area contributed by atoms with E-state index < -0.39 is 10.0 Å². The summed E-state index contributed by atoms with van der Waals surface area (Å²) in [5.41, 5.74) is 0. The monoisotopic (exact) mass is 421 g/mol. The van der Waals surface area contributed by atoms with Gasteiger partial charge in [-0.2, -0.15) is 0 Å².